The maximum atomic E-state index is 5.70. The van der Waals surface area contributed by atoms with E-state index in [1.165, 1.54) is 0 Å². The Labute approximate surface area is 91.4 Å². The van der Waals surface area contributed by atoms with Crippen LogP contribution in [0.1, 0.15) is 6.92 Å². The third-order valence-corrected chi connectivity index (χ3v) is 3.16. The number of nitrogens with two attached hydrogens (primary N) is 1. The first-order chi connectivity index (χ1) is 7.27. The van der Waals surface area contributed by atoms with Crippen LogP contribution in [-0.4, -0.2) is 48.7 Å². The standard InChI is InChI=1S/C11H20N4/c1-10(15-8-4-13-5-9-15)14-6-2-11(12)3-7-14/h2-3,6,10,13H,4-5,7-9,12H2,1H3. The molecule has 4 nitrogen and oxygen atoms in total. The predicted molar refractivity (Wildman–Crippen MR) is 62.0 cm³/mol. The molecule has 0 aromatic carbocycles. The third-order valence-electron chi connectivity index (χ3n) is 3.16. The molecular weight excluding hydrogens is 188 g/mol. The molecule has 4 heteroatoms. The Morgan fingerprint density at radius 3 is 2.73 bits per heavy atom. The highest BCUT2D eigenvalue weighted by atomic mass is 15.4. The minimum atomic E-state index is 0.465. The van der Waals surface area contributed by atoms with Crippen molar-refractivity contribution in [1.29, 1.82) is 0 Å². The molecule has 1 unspecified atom stereocenters. The molecule has 1 saturated heterocycles. The molecule has 2 aliphatic rings. The lowest BCUT2D eigenvalue weighted by atomic mass is 10.2. The first-order valence-electron chi connectivity index (χ1n) is 5.62. The molecule has 0 amide bonds. The van der Waals surface area contributed by atoms with Gasteiger partial charge in [0.25, 0.3) is 0 Å². The van der Waals surface area contributed by atoms with E-state index in [1.54, 1.807) is 0 Å². The van der Waals surface area contributed by atoms with Gasteiger partial charge in [0.1, 0.15) is 0 Å². The van der Waals surface area contributed by atoms with Crippen LogP contribution in [0.15, 0.2) is 24.0 Å². The van der Waals surface area contributed by atoms with Crippen LogP contribution in [0.3, 0.4) is 0 Å². The van der Waals surface area contributed by atoms with E-state index >= 15 is 0 Å². The molecule has 1 fully saturated rings. The largest absolute Gasteiger partial charge is 0.399 e. The van der Waals surface area contributed by atoms with Crippen molar-refractivity contribution >= 4 is 0 Å². The van der Waals surface area contributed by atoms with Crippen LogP contribution in [0.25, 0.3) is 0 Å². The Morgan fingerprint density at radius 2 is 2.13 bits per heavy atom. The zero-order valence-electron chi connectivity index (χ0n) is 9.32. The van der Waals surface area contributed by atoms with Gasteiger partial charge in [0.15, 0.2) is 0 Å². The zero-order chi connectivity index (χ0) is 10.7. The minimum Gasteiger partial charge on any atom is -0.399 e. The second-order valence-corrected chi connectivity index (χ2v) is 4.13. The molecule has 2 aliphatic heterocycles. The van der Waals surface area contributed by atoms with Gasteiger partial charge in [-0.15, -0.1) is 0 Å². The van der Waals surface area contributed by atoms with Crippen molar-refractivity contribution in [3.63, 3.8) is 0 Å². The van der Waals surface area contributed by atoms with Crippen molar-refractivity contribution in [1.82, 2.24) is 15.1 Å². The maximum absolute atomic E-state index is 5.70. The fourth-order valence-electron chi connectivity index (χ4n) is 2.06. The van der Waals surface area contributed by atoms with Gasteiger partial charge in [-0.05, 0) is 19.1 Å². The van der Waals surface area contributed by atoms with Crippen molar-refractivity contribution in [3.8, 4) is 0 Å². The Hall–Kier alpha value is -1.00. The number of allylic oxidation sites excluding steroid dienone is 1. The number of rotatable bonds is 2. The Morgan fingerprint density at radius 1 is 1.40 bits per heavy atom. The Kier molecular flexibility index (Phi) is 3.28. The van der Waals surface area contributed by atoms with Gasteiger partial charge in [-0.2, -0.15) is 0 Å². The van der Waals surface area contributed by atoms with Crippen molar-refractivity contribution < 1.29 is 0 Å². The van der Waals surface area contributed by atoms with Crippen LogP contribution in [0.2, 0.25) is 0 Å². The topological polar surface area (TPSA) is 44.5 Å². The van der Waals surface area contributed by atoms with Gasteiger partial charge >= 0.3 is 0 Å². The van der Waals surface area contributed by atoms with Crippen molar-refractivity contribution in [2.75, 3.05) is 32.7 Å². The summed E-state index contributed by atoms with van der Waals surface area (Å²) in [5.74, 6) is 0. The summed E-state index contributed by atoms with van der Waals surface area (Å²) in [6.07, 6.45) is 6.61. The van der Waals surface area contributed by atoms with Gasteiger partial charge in [0.05, 0.1) is 6.17 Å². The fourth-order valence-corrected chi connectivity index (χ4v) is 2.06. The lowest BCUT2D eigenvalue weighted by molar-refractivity contribution is 0.0847. The molecule has 2 rings (SSSR count). The highest BCUT2D eigenvalue weighted by Gasteiger charge is 2.20. The molecule has 84 valence electrons. The summed E-state index contributed by atoms with van der Waals surface area (Å²) in [7, 11) is 0. The van der Waals surface area contributed by atoms with E-state index in [1.807, 2.05) is 6.08 Å². The molecule has 1 atom stereocenters. The van der Waals surface area contributed by atoms with Gasteiger partial charge in [-0.25, -0.2) is 0 Å². The second-order valence-electron chi connectivity index (χ2n) is 4.13. The summed E-state index contributed by atoms with van der Waals surface area (Å²) >= 11 is 0. The molecule has 0 radical (unpaired) electrons. The van der Waals surface area contributed by atoms with E-state index in [4.69, 9.17) is 5.73 Å². The summed E-state index contributed by atoms with van der Waals surface area (Å²) in [6, 6.07) is 0. The summed E-state index contributed by atoms with van der Waals surface area (Å²) in [5, 5.41) is 3.37. The van der Waals surface area contributed by atoms with E-state index in [-0.39, 0.29) is 0 Å². The van der Waals surface area contributed by atoms with Crippen molar-refractivity contribution in [2.45, 2.75) is 13.1 Å². The maximum Gasteiger partial charge on any atom is 0.0790 e. The van der Waals surface area contributed by atoms with Crippen molar-refractivity contribution in [2.24, 2.45) is 5.73 Å². The third kappa shape index (κ3) is 2.52. The van der Waals surface area contributed by atoms with Crippen LogP contribution in [0.5, 0.6) is 0 Å². The minimum absolute atomic E-state index is 0.465. The average molecular weight is 208 g/mol. The molecule has 3 N–H and O–H groups in total. The Balaban J connectivity index is 1.90. The number of hydrogen-bond donors (Lipinski definition) is 2. The number of hydrogen-bond acceptors (Lipinski definition) is 4. The Bertz CT molecular complexity index is 266. The summed E-state index contributed by atoms with van der Waals surface area (Å²) < 4.78 is 0. The number of nitrogens with zero attached hydrogens (tertiary/aromatic N) is 2. The van der Waals surface area contributed by atoms with Crippen LogP contribution in [0.4, 0.5) is 0 Å². The van der Waals surface area contributed by atoms with Gasteiger partial charge < -0.3 is 16.0 Å². The van der Waals surface area contributed by atoms with Crippen molar-refractivity contribution in [3.05, 3.63) is 24.0 Å². The van der Waals surface area contributed by atoms with Gasteiger partial charge in [-0.1, -0.05) is 0 Å². The normalized spacial score (nSPS) is 25.1. The van der Waals surface area contributed by atoms with E-state index in [2.05, 4.69) is 34.3 Å². The fraction of sp³-hybridized carbons (Fsp3) is 0.636. The van der Waals surface area contributed by atoms with Crippen LogP contribution >= 0.6 is 0 Å². The lowest BCUT2D eigenvalue weighted by Gasteiger charge is -2.39. The monoisotopic (exact) mass is 208 g/mol. The number of piperazine rings is 1. The van der Waals surface area contributed by atoms with Crippen LogP contribution < -0.4 is 11.1 Å². The molecule has 0 saturated carbocycles. The van der Waals surface area contributed by atoms with E-state index < -0.39 is 0 Å². The summed E-state index contributed by atoms with van der Waals surface area (Å²) in [4.78, 5) is 4.82. The van der Waals surface area contributed by atoms with Crippen LogP contribution in [0, 0.1) is 0 Å². The molecule has 0 aliphatic carbocycles. The van der Waals surface area contributed by atoms with E-state index in [0.717, 1.165) is 38.4 Å². The quantitative estimate of drug-likeness (QED) is 0.666. The van der Waals surface area contributed by atoms with Gasteiger partial charge in [0, 0.05) is 44.6 Å². The second kappa shape index (κ2) is 4.68. The van der Waals surface area contributed by atoms with Crippen LogP contribution in [-0.2, 0) is 0 Å². The molecule has 0 spiro atoms. The molecule has 2 heterocycles. The number of nitrogens with one attached hydrogen (secondary N) is 1. The molecular formula is C11H20N4. The molecule has 0 aromatic heterocycles. The average Bonchev–Trinajstić information content (AvgIpc) is 2.30. The molecule has 0 aromatic rings. The summed E-state index contributed by atoms with van der Waals surface area (Å²) in [6.45, 7) is 7.63. The highest BCUT2D eigenvalue weighted by Crippen LogP contribution is 2.11. The highest BCUT2D eigenvalue weighted by molar-refractivity contribution is 5.19. The summed E-state index contributed by atoms with van der Waals surface area (Å²) in [5.41, 5.74) is 6.57. The van der Waals surface area contributed by atoms with E-state index in [9.17, 15) is 0 Å². The van der Waals surface area contributed by atoms with Gasteiger partial charge in [-0.3, -0.25) is 4.90 Å². The lowest BCUT2D eigenvalue weighted by Crippen LogP contribution is -2.52. The van der Waals surface area contributed by atoms with Gasteiger partial charge in [0.2, 0.25) is 0 Å². The first kappa shape index (κ1) is 10.5. The zero-order valence-corrected chi connectivity index (χ0v) is 9.32. The predicted octanol–water partition coefficient (Wildman–Crippen LogP) is -0.0905. The smallest absolute Gasteiger partial charge is 0.0790 e. The molecule has 15 heavy (non-hydrogen) atoms. The molecule has 0 bridgehead atoms. The first-order valence-corrected chi connectivity index (χ1v) is 5.62. The SMILES string of the molecule is CC(N1C=CC(N)=CC1)N1CCNCC1. The van der Waals surface area contributed by atoms with E-state index in [0.29, 0.717) is 6.17 Å².